The van der Waals surface area contributed by atoms with E-state index in [2.05, 4.69) is 43.2 Å². The van der Waals surface area contributed by atoms with Gasteiger partial charge in [-0.3, -0.25) is 14.6 Å². The van der Waals surface area contributed by atoms with Gasteiger partial charge >= 0.3 is 0 Å². The molecule has 0 aliphatic carbocycles. The molecule has 0 radical (unpaired) electrons. The van der Waals surface area contributed by atoms with Gasteiger partial charge in [-0.2, -0.15) is 10.2 Å². The summed E-state index contributed by atoms with van der Waals surface area (Å²) in [6, 6.07) is 9.58. The fourth-order valence-corrected chi connectivity index (χ4v) is 2.46. The van der Waals surface area contributed by atoms with E-state index in [0.29, 0.717) is 12.2 Å². The van der Waals surface area contributed by atoms with Crippen LogP contribution in [0.1, 0.15) is 16.1 Å². The van der Waals surface area contributed by atoms with Gasteiger partial charge in [0.2, 0.25) is 0 Å². The van der Waals surface area contributed by atoms with Gasteiger partial charge in [0, 0.05) is 18.1 Å². The van der Waals surface area contributed by atoms with Crippen LogP contribution in [0.25, 0.3) is 0 Å². The molecule has 0 bridgehead atoms. The molecule has 0 spiro atoms. The highest BCUT2D eigenvalue weighted by Crippen LogP contribution is 2.14. The van der Waals surface area contributed by atoms with Crippen molar-refractivity contribution in [3.8, 4) is 0 Å². The monoisotopic (exact) mass is 393 g/mol. The first kappa shape index (κ1) is 13.8. The minimum absolute atomic E-state index is 0.201. The van der Waals surface area contributed by atoms with Crippen LogP contribution in [0.4, 0.5) is 5.69 Å². The van der Waals surface area contributed by atoms with Crippen LogP contribution in [0.5, 0.6) is 0 Å². The summed E-state index contributed by atoms with van der Waals surface area (Å²) in [5.74, 6) is -0.201. The summed E-state index contributed by atoms with van der Waals surface area (Å²) >= 11 is 2.07. The third-order valence-electron chi connectivity index (χ3n) is 2.91. The molecule has 0 atom stereocenters. The highest BCUT2D eigenvalue weighted by Gasteiger charge is 2.12. The Morgan fingerprint density at radius 2 is 2.29 bits per heavy atom. The van der Waals surface area contributed by atoms with Gasteiger partial charge in [0.25, 0.3) is 5.91 Å². The molecule has 2 aromatic heterocycles. The van der Waals surface area contributed by atoms with Gasteiger partial charge in [0.1, 0.15) is 5.69 Å². The van der Waals surface area contributed by atoms with Crippen LogP contribution >= 0.6 is 22.6 Å². The molecule has 1 amide bonds. The summed E-state index contributed by atoms with van der Waals surface area (Å²) in [6.07, 6.45) is 5.26. The van der Waals surface area contributed by atoms with Crippen molar-refractivity contribution in [2.45, 2.75) is 6.54 Å². The lowest BCUT2D eigenvalue weighted by Gasteiger charge is -2.07. The van der Waals surface area contributed by atoms with Crippen molar-refractivity contribution < 1.29 is 4.79 Å². The molecule has 3 rings (SSSR count). The molecule has 0 saturated carbocycles. The zero-order valence-corrected chi connectivity index (χ0v) is 13.1. The standard InChI is InChI=1S/C14H12IN5O/c15-12-8-16-19-13(12)14(21)18-11-4-1-3-10(7-11)9-20-6-2-5-17-20/h1-8H,9H2,(H,16,19)(H,18,21). The molecule has 0 unspecified atom stereocenters. The normalized spacial score (nSPS) is 10.5. The van der Waals surface area contributed by atoms with Gasteiger partial charge in [-0.15, -0.1) is 0 Å². The number of amides is 1. The number of hydrogen-bond donors (Lipinski definition) is 2. The summed E-state index contributed by atoms with van der Waals surface area (Å²) in [4.78, 5) is 12.1. The molecule has 1 aromatic carbocycles. The number of H-pyrrole nitrogens is 1. The number of anilines is 1. The highest BCUT2D eigenvalue weighted by molar-refractivity contribution is 14.1. The largest absolute Gasteiger partial charge is 0.321 e. The zero-order chi connectivity index (χ0) is 14.7. The number of nitrogens with zero attached hydrogens (tertiary/aromatic N) is 3. The second-order valence-electron chi connectivity index (χ2n) is 4.45. The molecule has 0 aliphatic heterocycles. The van der Waals surface area contributed by atoms with Crippen LogP contribution in [0, 0.1) is 3.57 Å². The third kappa shape index (κ3) is 3.30. The Morgan fingerprint density at radius 3 is 3.00 bits per heavy atom. The Bertz CT molecular complexity index is 750. The molecule has 21 heavy (non-hydrogen) atoms. The molecule has 106 valence electrons. The summed E-state index contributed by atoms with van der Waals surface area (Å²) in [7, 11) is 0. The Hall–Kier alpha value is -2.16. The lowest BCUT2D eigenvalue weighted by Crippen LogP contribution is -2.14. The predicted octanol–water partition coefficient (Wildman–Crippen LogP) is 2.51. The molecular formula is C14H12IN5O. The number of aromatic nitrogens is 4. The van der Waals surface area contributed by atoms with Crippen LogP contribution in [-0.2, 0) is 6.54 Å². The number of rotatable bonds is 4. The van der Waals surface area contributed by atoms with Crippen molar-refractivity contribution >= 4 is 34.2 Å². The number of benzene rings is 1. The number of halogens is 1. The average Bonchev–Trinajstić information content (AvgIpc) is 3.10. The summed E-state index contributed by atoms with van der Waals surface area (Å²) in [5, 5.41) is 13.6. The third-order valence-corrected chi connectivity index (χ3v) is 3.73. The molecule has 0 fully saturated rings. The maximum Gasteiger partial charge on any atom is 0.274 e. The molecule has 7 heteroatoms. The van der Waals surface area contributed by atoms with E-state index in [1.54, 1.807) is 12.4 Å². The van der Waals surface area contributed by atoms with Crippen LogP contribution in [-0.4, -0.2) is 25.9 Å². The van der Waals surface area contributed by atoms with Gasteiger partial charge in [0.15, 0.2) is 0 Å². The smallest absolute Gasteiger partial charge is 0.274 e. The van der Waals surface area contributed by atoms with E-state index in [1.807, 2.05) is 41.2 Å². The fourth-order valence-electron chi connectivity index (χ4n) is 1.95. The lowest BCUT2D eigenvalue weighted by atomic mass is 10.2. The van der Waals surface area contributed by atoms with Gasteiger partial charge in [-0.25, -0.2) is 0 Å². The van der Waals surface area contributed by atoms with E-state index in [9.17, 15) is 4.79 Å². The maximum atomic E-state index is 12.1. The second kappa shape index (κ2) is 6.08. The quantitative estimate of drug-likeness (QED) is 0.669. The number of nitrogens with one attached hydrogen (secondary N) is 2. The van der Waals surface area contributed by atoms with E-state index >= 15 is 0 Å². The van der Waals surface area contributed by atoms with Gasteiger partial charge < -0.3 is 5.32 Å². The predicted molar refractivity (Wildman–Crippen MR) is 87.0 cm³/mol. The summed E-state index contributed by atoms with van der Waals surface area (Å²) < 4.78 is 2.62. The van der Waals surface area contributed by atoms with Gasteiger partial charge in [0.05, 0.1) is 16.3 Å². The molecular weight excluding hydrogens is 381 g/mol. The van der Waals surface area contributed by atoms with E-state index in [0.717, 1.165) is 14.8 Å². The van der Waals surface area contributed by atoms with Crippen molar-refractivity contribution in [1.29, 1.82) is 0 Å². The van der Waals surface area contributed by atoms with Crippen LogP contribution in [0.15, 0.2) is 48.9 Å². The van der Waals surface area contributed by atoms with Gasteiger partial charge in [-0.1, -0.05) is 12.1 Å². The minimum Gasteiger partial charge on any atom is -0.321 e. The summed E-state index contributed by atoms with van der Waals surface area (Å²) in [6.45, 7) is 0.665. The zero-order valence-electron chi connectivity index (χ0n) is 11.0. The van der Waals surface area contributed by atoms with Crippen LogP contribution in [0.2, 0.25) is 0 Å². The Labute approximate surface area is 134 Å². The highest BCUT2D eigenvalue weighted by atomic mass is 127. The Morgan fingerprint density at radius 1 is 1.38 bits per heavy atom. The molecule has 0 aliphatic rings. The Kier molecular flexibility index (Phi) is 4.00. The van der Waals surface area contributed by atoms with E-state index in [1.165, 1.54) is 0 Å². The lowest BCUT2D eigenvalue weighted by molar-refractivity contribution is 0.102. The fraction of sp³-hybridized carbons (Fsp3) is 0.0714. The topological polar surface area (TPSA) is 75.6 Å². The molecule has 2 heterocycles. The van der Waals surface area contributed by atoms with Crippen molar-refractivity contribution in [1.82, 2.24) is 20.0 Å². The van der Waals surface area contributed by atoms with E-state index < -0.39 is 0 Å². The SMILES string of the molecule is O=C(Nc1cccc(Cn2cccn2)c1)c1[nH]ncc1I. The molecule has 0 saturated heterocycles. The van der Waals surface area contributed by atoms with Crippen molar-refractivity contribution in [3.63, 3.8) is 0 Å². The van der Waals surface area contributed by atoms with Crippen LogP contribution < -0.4 is 5.32 Å². The Balaban J connectivity index is 1.74. The first-order valence-corrected chi connectivity index (χ1v) is 7.37. The van der Waals surface area contributed by atoms with Crippen molar-refractivity contribution in [2.24, 2.45) is 0 Å². The number of carbonyl (C=O) groups excluding carboxylic acids is 1. The molecule has 3 aromatic rings. The minimum atomic E-state index is -0.201. The second-order valence-corrected chi connectivity index (χ2v) is 5.61. The number of aromatic amines is 1. The first-order chi connectivity index (χ1) is 10.2. The molecule has 6 nitrogen and oxygen atoms in total. The van der Waals surface area contributed by atoms with Crippen LogP contribution in [0.3, 0.4) is 0 Å². The molecule has 2 N–H and O–H groups in total. The maximum absolute atomic E-state index is 12.1. The number of carbonyl (C=O) groups is 1. The number of hydrogen-bond acceptors (Lipinski definition) is 3. The van der Waals surface area contributed by atoms with Gasteiger partial charge in [-0.05, 0) is 46.4 Å². The van der Waals surface area contributed by atoms with Crippen molar-refractivity contribution in [3.05, 3.63) is 63.7 Å². The van der Waals surface area contributed by atoms with E-state index in [4.69, 9.17) is 0 Å². The van der Waals surface area contributed by atoms with E-state index in [-0.39, 0.29) is 5.91 Å². The average molecular weight is 393 g/mol. The first-order valence-electron chi connectivity index (χ1n) is 6.29. The van der Waals surface area contributed by atoms with Crippen molar-refractivity contribution in [2.75, 3.05) is 5.32 Å². The summed E-state index contributed by atoms with van der Waals surface area (Å²) in [5.41, 5.74) is 2.28.